The van der Waals surface area contributed by atoms with Gasteiger partial charge in [-0.2, -0.15) is 0 Å². The Kier molecular flexibility index (Phi) is 3.19. The molecule has 4 nitrogen and oxygen atoms in total. The fourth-order valence-corrected chi connectivity index (χ4v) is 2.91. The number of fused-ring (bicyclic) bond motifs is 1. The van der Waals surface area contributed by atoms with Crippen LogP contribution in [-0.4, -0.2) is 26.1 Å². The van der Waals surface area contributed by atoms with Crippen LogP contribution in [0.4, 0.5) is 0 Å². The van der Waals surface area contributed by atoms with Crippen LogP contribution in [0.15, 0.2) is 18.2 Å². The van der Waals surface area contributed by atoms with Gasteiger partial charge < -0.3 is 15.4 Å². The first kappa shape index (κ1) is 12.5. The highest BCUT2D eigenvalue weighted by molar-refractivity contribution is 5.97. The van der Waals surface area contributed by atoms with Crippen molar-refractivity contribution in [3.8, 4) is 5.75 Å². The predicted octanol–water partition coefficient (Wildman–Crippen LogP) is 1.73. The summed E-state index contributed by atoms with van der Waals surface area (Å²) >= 11 is 0. The van der Waals surface area contributed by atoms with Crippen LogP contribution in [0.3, 0.4) is 0 Å². The van der Waals surface area contributed by atoms with Gasteiger partial charge in [0.05, 0.1) is 12.1 Å². The Bertz CT molecular complexity index is 501. The third-order valence-electron chi connectivity index (χ3n) is 4.16. The summed E-state index contributed by atoms with van der Waals surface area (Å²) in [6.07, 6.45) is 1.26. The van der Waals surface area contributed by atoms with E-state index < -0.39 is 0 Å². The molecule has 2 N–H and O–H groups in total. The minimum Gasteiger partial charge on any atom is -0.491 e. The number of hydrogen-bond acceptors (Lipinski definition) is 3. The minimum atomic E-state index is -0.0342. The first-order valence-corrected chi connectivity index (χ1v) is 6.93. The standard InChI is InChI=1S/C15H20N2O2/c1-9-7-11(9)14(16-2)10-3-4-13-12(8-10)15(18)17-5-6-19-13/h3-4,8-9,11,14,16H,5-7H2,1-2H3,(H,17,18). The molecule has 3 unspecified atom stereocenters. The third kappa shape index (κ3) is 2.32. The van der Waals surface area contributed by atoms with E-state index in [-0.39, 0.29) is 5.91 Å². The number of nitrogens with one attached hydrogen (secondary N) is 2. The van der Waals surface area contributed by atoms with E-state index in [1.165, 1.54) is 12.0 Å². The van der Waals surface area contributed by atoms with Crippen molar-refractivity contribution in [3.63, 3.8) is 0 Å². The lowest BCUT2D eigenvalue weighted by Gasteiger charge is -2.18. The average Bonchev–Trinajstić information content (AvgIpc) is 3.15. The number of ether oxygens (including phenoxy) is 1. The highest BCUT2D eigenvalue weighted by atomic mass is 16.5. The summed E-state index contributed by atoms with van der Waals surface area (Å²) < 4.78 is 5.58. The molecule has 1 fully saturated rings. The molecule has 1 amide bonds. The molecule has 0 radical (unpaired) electrons. The molecule has 1 saturated carbocycles. The van der Waals surface area contributed by atoms with Crippen LogP contribution in [0.5, 0.6) is 5.75 Å². The van der Waals surface area contributed by atoms with Gasteiger partial charge in [0.25, 0.3) is 5.91 Å². The van der Waals surface area contributed by atoms with Gasteiger partial charge in [-0.15, -0.1) is 0 Å². The van der Waals surface area contributed by atoms with Crippen molar-refractivity contribution in [1.29, 1.82) is 0 Å². The number of rotatable bonds is 3. The second-order valence-corrected chi connectivity index (χ2v) is 5.50. The maximum Gasteiger partial charge on any atom is 0.255 e. The monoisotopic (exact) mass is 260 g/mol. The number of amides is 1. The average molecular weight is 260 g/mol. The molecular weight excluding hydrogens is 240 g/mol. The lowest BCUT2D eigenvalue weighted by Crippen LogP contribution is -2.25. The molecule has 1 heterocycles. The fourth-order valence-electron chi connectivity index (χ4n) is 2.91. The van der Waals surface area contributed by atoms with Gasteiger partial charge in [-0.05, 0) is 43.0 Å². The van der Waals surface area contributed by atoms with Gasteiger partial charge >= 0.3 is 0 Å². The van der Waals surface area contributed by atoms with Crippen LogP contribution in [0.25, 0.3) is 0 Å². The largest absolute Gasteiger partial charge is 0.491 e. The maximum atomic E-state index is 12.0. The SMILES string of the molecule is CNC(c1ccc2c(c1)C(=O)NCCO2)C1CC1C. The molecule has 102 valence electrons. The zero-order valence-corrected chi connectivity index (χ0v) is 11.4. The third-order valence-corrected chi connectivity index (χ3v) is 4.16. The van der Waals surface area contributed by atoms with E-state index in [0.29, 0.717) is 36.4 Å². The molecule has 3 rings (SSSR count). The van der Waals surface area contributed by atoms with Gasteiger partial charge in [0, 0.05) is 6.04 Å². The van der Waals surface area contributed by atoms with E-state index in [4.69, 9.17) is 4.74 Å². The summed E-state index contributed by atoms with van der Waals surface area (Å²) in [6.45, 7) is 3.37. The van der Waals surface area contributed by atoms with E-state index >= 15 is 0 Å². The first-order chi connectivity index (χ1) is 9.20. The summed E-state index contributed by atoms with van der Waals surface area (Å²) in [4.78, 5) is 12.0. The molecule has 0 aromatic heterocycles. The molecule has 3 atom stereocenters. The topological polar surface area (TPSA) is 50.4 Å². The lowest BCUT2D eigenvalue weighted by atomic mass is 9.98. The molecule has 0 bridgehead atoms. The first-order valence-electron chi connectivity index (χ1n) is 6.93. The number of carbonyl (C=O) groups is 1. The quantitative estimate of drug-likeness (QED) is 0.870. The van der Waals surface area contributed by atoms with Gasteiger partial charge in [-0.3, -0.25) is 4.79 Å². The number of carbonyl (C=O) groups excluding carboxylic acids is 1. The van der Waals surface area contributed by atoms with Gasteiger partial charge in [-0.1, -0.05) is 13.0 Å². The Hall–Kier alpha value is -1.55. The molecule has 19 heavy (non-hydrogen) atoms. The van der Waals surface area contributed by atoms with Crippen LogP contribution in [0, 0.1) is 11.8 Å². The van der Waals surface area contributed by atoms with Gasteiger partial charge in [-0.25, -0.2) is 0 Å². The van der Waals surface area contributed by atoms with Crippen molar-refractivity contribution >= 4 is 5.91 Å². The van der Waals surface area contributed by atoms with Crippen LogP contribution < -0.4 is 15.4 Å². The van der Waals surface area contributed by atoms with E-state index in [1.807, 2.05) is 19.2 Å². The molecule has 1 aromatic carbocycles. The number of hydrogen-bond donors (Lipinski definition) is 2. The maximum absolute atomic E-state index is 12.0. The molecule has 1 aliphatic carbocycles. The van der Waals surface area contributed by atoms with E-state index in [9.17, 15) is 4.79 Å². The summed E-state index contributed by atoms with van der Waals surface area (Å²) in [5.74, 6) is 2.10. The Labute approximate surface area is 113 Å². The molecule has 2 aliphatic rings. The Morgan fingerprint density at radius 3 is 2.95 bits per heavy atom. The van der Waals surface area contributed by atoms with Crippen LogP contribution in [0.2, 0.25) is 0 Å². The van der Waals surface area contributed by atoms with Crippen molar-refractivity contribution in [3.05, 3.63) is 29.3 Å². The number of benzene rings is 1. The van der Waals surface area contributed by atoms with E-state index in [2.05, 4.69) is 23.6 Å². The Balaban J connectivity index is 1.93. The molecule has 1 aliphatic heterocycles. The fraction of sp³-hybridized carbons (Fsp3) is 0.533. The molecule has 0 saturated heterocycles. The van der Waals surface area contributed by atoms with Crippen LogP contribution in [0.1, 0.15) is 35.3 Å². The smallest absolute Gasteiger partial charge is 0.255 e. The van der Waals surface area contributed by atoms with Crippen molar-refractivity contribution in [1.82, 2.24) is 10.6 Å². The second kappa shape index (κ2) is 4.85. The summed E-state index contributed by atoms with van der Waals surface area (Å²) in [6, 6.07) is 6.30. The normalized spacial score (nSPS) is 26.7. The van der Waals surface area contributed by atoms with Gasteiger partial charge in [0.1, 0.15) is 12.4 Å². The lowest BCUT2D eigenvalue weighted by molar-refractivity contribution is 0.0957. The summed E-state index contributed by atoms with van der Waals surface area (Å²) in [5.41, 5.74) is 1.83. The minimum absolute atomic E-state index is 0.0342. The molecule has 4 heteroatoms. The zero-order valence-electron chi connectivity index (χ0n) is 11.4. The van der Waals surface area contributed by atoms with Crippen LogP contribution >= 0.6 is 0 Å². The molecule has 1 aromatic rings. The van der Waals surface area contributed by atoms with Crippen LogP contribution in [-0.2, 0) is 0 Å². The predicted molar refractivity (Wildman–Crippen MR) is 73.3 cm³/mol. The molecular formula is C15H20N2O2. The van der Waals surface area contributed by atoms with E-state index in [1.54, 1.807) is 0 Å². The molecule has 0 spiro atoms. The Morgan fingerprint density at radius 1 is 1.47 bits per heavy atom. The highest BCUT2D eigenvalue weighted by Gasteiger charge is 2.39. The highest BCUT2D eigenvalue weighted by Crippen LogP contribution is 2.47. The Morgan fingerprint density at radius 2 is 2.26 bits per heavy atom. The summed E-state index contributed by atoms with van der Waals surface area (Å²) in [7, 11) is 1.98. The van der Waals surface area contributed by atoms with Crippen molar-refractivity contribution in [2.24, 2.45) is 11.8 Å². The van der Waals surface area contributed by atoms with Gasteiger partial charge in [0.2, 0.25) is 0 Å². The second-order valence-electron chi connectivity index (χ2n) is 5.50. The summed E-state index contributed by atoms with van der Waals surface area (Å²) in [5, 5.41) is 6.23. The van der Waals surface area contributed by atoms with Crippen molar-refractivity contribution in [2.45, 2.75) is 19.4 Å². The van der Waals surface area contributed by atoms with Crippen molar-refractivity contribution < 1.29 is 9.53 Å². The van der Waals surface area contributed by atoms with Crippen molar-refractivity contribution in [2.75, 3.05) is 20.2 Å². The zero-order chi connectivity index (χ0) is 13.4. The van der Waals surface area contributed by atoms with Gasteiger partial charge in [0.15, 0.2) is 0 Å². The van der Waals surface area contributed by atoms with E-state index in [0.717, 1.165) is 5.92 Å².